The molecule has 2 amide bonds. The number of anilines is 1. The number of hydrogen-bond donors (Lipinski definition) is 1. The molecule has 0 aliphatic carbocycles. The van der Waals surface area contributed by atoms with E-state index in [1.165, 1.54) is 0 Å². The van der Waals surface area contributed by atoms with E-state index >= 15 is 0 Å². The van der Waals surface area contributed by atoms with Gasteiger partial charge < -0.3 is 15.0 Å². The molecular formula is C17H22N2O3. The molecule has 1 aromatic carbocycles. The van der Waals surface area contributed by atoms with Crippen molar-refractivity contribution in [1.29, 1.82) is 0 Å². The van der Waals surface area contributed by atoms with Gasteiger partial charge in [0.1, 0.15) is 0 Å². The van der Waals surface area contributed by atoms with Gasteiger partial charge in [-0.3, -0.25) is 9.59 Å². The van der Waals surface area contributed by atoms with Crippen LogP contribution < -0.4 is 5.32 Å². The number of rotatable bonds is 3. The Morgan fingerprint density at radius 3 is 2.95 bits per heavy atom. The zero-order chi connectivity index (χ0) is 15.9. The quantitative estimate of drug-likeness (QED) is 0.931. The SMILES string of the molecule is CCO[C@H]1CCN(C(=O)c2ccc3c(c2)NC(=O)C3(C)C)C1. The summed E-state index contributed by atoms with van der Waals surface area (Å²) >= 11 is 0. The first kappa shape index (κ1) is 15.0. The Morgan fingerprint density at radius 2 is 2.23 bits per heavy atom. The van der Waals surface area contributed by atoms with Crippen LogP contribution in [0, 0.1) is 0 Å². The predicted molar refractivity (Wildman–Crippen MR) is 84.0 cm³/mol. The molecule has 0 aromatic heterocycles. The fourth-order valence-electron chi connectivity index (χ4n) is 3.19. The number of fused-ring (bicyclic) bond motifs is 1. The van der Waals surface area contributed by atoms with Crippen LogP contribution in [0.25, 0.3) is 0 Å². The van der Waals surface area contributed by atoms with Crippen molar-refractivity contribution in [3.8, 4) is 0 Å². The third-order valence-electron chi connectivity index (χ3n) is 4.59. The Labute approximate surface area is 130 Å². The fourth-order valence-corrected chi connectivity index (χ4v) is 3.19. The van der Waals surface area contributed by atoms with Crippen molar-refractivity contribution in [2.75, 3.05) is 25.0 Å². The second-order valence-electron chi connectivity index (χ2n) is 6.46. The van der Waals surface area contributed by atoms with Gasteiger partial charge in [-0.15, -0.1) is 0 Å². The second kappa shape index (κ2) is 5.39. The van der Waals surface area contributed by atoms with Crippen molar-refractivity contribution in [3.63, 3.8) is 0 Å². The lowest BCUT2D eigenvalue weighted by Crippen LogP contribution is -2.30. The number of nitrogens with zero attached hydrogens (tertiary/aromatic N) is 1. The fraction of sp³-hybridized carbons (Fsp3) is 0.529. The third-order valence-corrected chi connectivity index (χ3v) is 4.59. The minimum atomic E-state index is -0.537. The van der Waals surface area contributed by atoms with Crippen LogP contribution in [0.5, 0.6) is 0 Å². The molecule has 5 heteroatoms. The normalized spacial score (nSPS) is 22.6. The molecule has 22 heavy (non-hydrogen) atoms. The van der Waals surface area contributed by atoms with E-state index < -0.39 is 5.41 Å². The lowest BCUT2D eigenvalue weighted by Gasteiger charge is -2.18. The summed E-state index contributed by atoms with van der Waals surface area (Å²) in [5.41, 5.74) is 1.78. The monoisotopic (exact) mass is 302 g/mol. The number of ether oxygens (including phenoxy) is 1. The van der Waals surface area contributed by atoms with Crippen molar-refractivity contribution in [1.82, 2.24) is 4.90 Å². The summed E-state index contributed by atoms with van der Waals surface area (Å²) < 4.78 is 5.58. The van der Waals surface area contributed by atoms with Crippen LogP contribution in [0.2, 0.25) is 0 Å². The average Bonchev–Trinajstić information content (AvgIpc) is 3.02. The van der Waals surface area contributed by atoms with Crippen LogP contribution in [0.3, 0.4) is 0 Å². The van der Waals surface area contributed by atoms with Crippen molar-refractivity contribution in [3.05, 3.63) is 29.3 Å². The highest BCUT2D eigenvalue weighted by Crippen LogP contribution is 2.37. The highest BCUT2D eigenvalue weighted by Gasteiger charge is 2.38. The van der Waals surface area contributed by atoms with Gasteiger partial charge in [-0.2, -0.15) is 0 Å². The van der Waals surface area contributed by atoms with E-state index in [9.17, 15) is 9.59 Å². The molecule has 1 atom stereocenters. The molecule has 1 saturated heterocycles. The largest absolute Gasteiger partial charge is 0.377 e. The zero-order valence-electron chi connectivity index (χ0n) is 13.3. The highest BCUT2D eigenvalue weighted by molar-refractivity contribution is 6.07. The summed E-state index contributed by atoms with van der Waals surface area (Å²) in [7, 11) is 0. The molecule has 0 saturated carbocycles. The number of hydrogen-bond acceptors (Lipinski definition) is 3. The zero-order valence-corrected chi connectivity index (χ0v) is 13.3. The third kappa shape index (κ3) is 2.39. The van der Waals surface area contributed by atoms with Crippen molar-refractivity contribution in [2.24, 2.45) is 0 Å². The van der Waals surface area contributed by atoms with Crippen LogP contribution >= 0.6 is 0 Å². The van der Waals surface area contributed by atoms with E-state index in [2.05, 4.69) is 5.32 Å². The van der Waals surface area contributed by atoms with E-state index in [4.69, 9.17) is 4.74 Å². The standard InChI is InChI=1S/C17H22N2O3/c1-4-22-12-7-8-19(10-12)15(20)11-5-6-13-14(9-11)18-16(21)17(13,2)3/h5-6,9,12H,4,7-8,10H2,1-3H3,(H,18,21)/t12-/m0/s1. The Morgan fingerprint density at radius 1 is 1.45 bits per heavy atom. The molecule has 0 radical (unpaired) electrons. The smallest absolute Gasteiger partial charge is 0.254 e. The molecule has 5 nitrogen and oxygen atoms in total. The van der Waals surface area contributed by atoms with Crippen LogP contribution in [0.1, 0.15) is 43.1 Å². The van der Waals surface area contributed by atoms with Gasteiger partial charge in [0.15, 0.2) is 0 Å². The second-order valence-corrected chi connectivity index (χ2v) is 6.46. The van der Waals surface area contributed by atoms with E-state index in [1.54, 1.807) is 6.07 Å². The first-order valence-electron chi connectivity index (χ1n) is 7.80. The average molecular weight is 302 g/mol. The van der Waals surface area contributed by atoms with Gasteiger partial charge in [-0.25, -0.2) is 0 Å². The van der Waals surface area contributed by atoms with Gasteiger partial charge in [0, 0.05) is 30.9 Å². The number of carbonyl (C=O) groups excluding carboxylic acids is 2. The molecule has 2 heterocycles. The molecule has 0 spiro atoms. The van der Waals surface area contributed by atoms with Crippen molar-refractivity contribution >= 4 is 17.5 Å². The number of likely N-dealkylation sites (tertiary alicyclic amines) is 1. The number of benzene rings is 1. The minimum Gasteiger partial charge on any atom is -0.377 e. The van der Waals surface area contributed by atoms with E-state index in [0.29, 0.717) is 18.7 Å². The topological polar surface area (TPSA) is 58.6 Å². The van der Waals surface area contributed by atoms with Gasteiger partial charge in [0.25, 0.3) is 5.91 Å². The Bertz CT molecular complexity index is 624. The van der Waals surface area contributed by atoms with E-state index in [-0.39, 0.29) is 17.9 Å². The van der Waals surface area contributed by atoms with Crippen LogP contribution in [0.4, 0.5) is 5.69 Å². The van der Waals surface area contributed by atoms with E-state index in [0.717, 1.165) is 24.2 Å². The van der Waals surface area contributed by atoms with Crippen LogP contribution in [-0.2, 0) is 14.9 Å². The van der Waals surface area contributed by atoms with Crippen molar-refractivity contribution in [2.45, 2.75) is 38.7 Å². The molecule has 1 N–H and O–H groups in total. The Hall–Kier alpha value is -1.88. The summed E-state index contributed by atoms with van der Waals surface area (Å²) in [5.74, 6) is -0.0198. The molecule has 2 aliphatic heterocycles. The Balaban J connectivity index is 1.79. The maximum atomic E-state index is 12.6. The summed E-state index contributed by atoms with van der Waals surface area (Å²) in [6.45, 7) is 7.79. The van der Waals surface area contributed by atoms with Gasteiger partial charge in [-0.05, 0) is 44.9 Å². The molecule has 0 bridgehead atoms. The van der Waals surface area contributed by atoms with Gasteiger partial charge in [0.05, 0.1) is 11.5 Å². The predicted octanol–water partition coefficient (Wildman–Crippen LogP) is 2.17. The molecule has 2 aliphatic rings. The van der Waals surface area contributed by atoms with Gasteiger partial charge in [0.2, 0.25) is 5.91 Å². The number of amides is 2. The molecule has 3 rings (SSSR count). The summed E-state index contributed by atoms with van der Waals surface area (Å²) in [4.78, 5) is 26.4. The first-order valence-corrected chi connectivity index (χ1v) is 7.80. The summed E-state index contributed by atoms with van der Waals surface area (Å²) in [6.07, 6.45) is 1.02. The maximum absolute atomic E-state index is 12.6. The summed E-state index contributed by atoms with van der Waals surface area (Å²) in [6, 6.07) is 5.49. The van der Waals surface area contributed by atoms with Crippen molar-refractivity contribution < 1.29 is 14.3 Å². The summed E-state index contributed by atoms with van der Waals surface area (Å²) in [5, 5.41) is 2.87. The molecule has 1 fully saturated rings. The van der Waals surface area contributed by atoms with Gasteiger partial charge in [-0.1, -0.05) is 6.07 Å². The molecule has 118 valence electrons. The number of nitrogens with one attached hydrogen (secondary N) is 1. The lowest BCUT2D eigenvalue weighted by molar-refractivity contribution is -0.119. The van der Waals surface area contributed by atoms with Gasteiger partial charge >= 0.3 is 0 Å². The first-order chi connectivity index (χ1) is 10.4. The Kier molecular flexibility index (Phi) is 3.68. The van der Waals surface area contributed by atoms with E-state index in [1.807, 2.05) is 37.8 Å². The van der Waals surface area contributed by atoms with Crippen LogP contribution in [0.15, 0.2) is 18.2 Å². The lowest BCUT2D eigenvalue weighted by atomic mass is 9.86. The molecule has 0 unspecified atom stereocenters. The van der Waals surface area contributed by atoms with Crippen LogP contribution in [-0.4, -0.2) is 42.5 Å². The molecule has 1 aromatic rings. The minimum absolute atomic E-state index is 0.00366. The number of carbonyl (C=O) groups is 2. The highest BCUT2D eigenvalue weighted by atomic mass is 16.5. The molecular weight excluding hydrogens is 280 g/mol. The maximum Gasteiger partial charge on any atom is 0.254 e.